The van der Waals surface area contributed by atoms with E-state index in [4.69, 9.17) is 10.5 Å². The molecule has 1 atom stereocenters. The highest BCUT2D eigenvalue weighted by Gasteiger charge is 2.20. The number of ether oxygens (including phenoxy) is 1. The fourth-order valence-electron chi connectivity index (χ4n) is 1.72. The number of benzene rings is 1. The van der Waals surface area contributed by atoms with E-state index in [1.54, 1.807) is 0 Å². The first-order chi connectivity index (χ1) is 8.58. The molecule has 0 bridgehead atoms. The molecule has 1 rings (SSSR count). The molecule has 18 heavy (non-hydrogen) atoms. The molecule has 1 aromatic rings. The maximum atomic E-state index is 12.0. The summed E-state index contributed by atoms with van der Waals surface area (Å²) >= 11 is 0. The zero-order chi connectivity index (χ0) is 13.5. The zero-order valence-corrected chi connectivity index (χ0v) is 11.3. The van der Waals surface area contributed by atoms with Gasteiger partial charge in [-0.05, 0) is 37.1 Å². The summed E-state index contributed by atoms with van der Waals surface area (Å²) in [6.45, 7) is 6.92. The van der Waals surface area contributed by atoms with Gasteiger partial charge in [0.2, 0.25) is 5.91 Å². The Morgan fingerprint density at radius 1 is 1.33 bits per heavy atom. The summed E-state index contributed by atoms with van der Waals surface area (Å²) in [5.41, 5.74) is 6.38. The van der Waals surface area contributed by atoms with Crippen molar-refractivity contribution in [1.82, 2.24) is 0 Å². The highest BCUT2D eigenvalue weighted by atomic mass is 16.5. The molecule has 0 heterocycles. The second kappa shape index (κ2) is 7.01. The Balaban J connectivity index is 2.64. The number of amides is 1. The number of anilines is 1. The van der Waals surface area contributed by atoms with Gasteiger partial charge in [0.1, 0.15) is 5.75 Å². The molecule has 0 aliphatic heterocycles. The van der Waals surface area contributed by atoms with Crippen LogP contribution < -0.4 is 15.8 Å². The van der Waals surface area contributed by atoms with Crippen LogP contribution in [0, 0.1) is 11.8 Å². The maximum absolute atomic E-state index is 12.0. The molecule has 0 fully saturated rings. The van der Waals surface area contributed by atoms with Crippen molar-refractivity contribution in [3.63, 3.8) is 0 Å². The second-order valence-corrected chi connectivity index (χ2v) is 4.53. The minimum atomic E-state index is -0.156. The van der Waals surface area contributed by atoms with Crippen LogP contribution in [0.4, 0.5) is 5.69 Å². The van der Waals surface area contributed by atoms with Crippen molar-refractivity contribution in [1.29, 1.82) is 0 Å². The summed E-state index contributed by atoms with van der Waals surface area (Å²) in [5.74, 6) is 0.848. The predicted molar refractivity (Wildman–Crippen MR) is 73.6 cm³/mol. The van der Waals surface area contributed by atoms with Crippen LogP contribution in [0.1, 0.15) is 20.8 Å². The van der Waals surface area contributed by atoms with E-state index < -0.39 is 0 Å². The minimum Gasteiger partial charge on any atom is -0.494 e. The van der Waals surface area contributed by atoms with Crippen molar-refractivity contribution >= 4 is 11.6 Å². The number of nitrogens with one attached hydrogen (secondary N) is 1. The van der Waals surface area contributed by atoms with E-state index in [1.165, 1.54) is 0 Å². The molecule has 0 aliphatic carbocycles. The Kier molecular flexibility index (Phi) is 5.65. The van der Waals surface area contributed by atoms with E-state index in [9.17, 15) is 4.79 Å². The van der Waals surface area contributed by atoms with Crippen LogP contribution in [0.3, 0.4) is 0 Å². The standard InChI is InChI=1S/C14H22N2O2/c1-4-18-12-7-5-11(6-8-12)16-14(17)13(9-15)10(2)3/h5-8,10,13H,4,9,15H2,1-3H3,(H,16,17). The number of hydrogen-bond donors (Lipinski definition) is 2. The summed E-state index contributed by atoms with van der Waals surface area (Å²) < 4.78 is 5.34. The van der Waals surface area contributed by atoms with Crippen LogP contribution in [-0.2, 0) is 4.79 Å². The Morgan fingerprint density at radius 2 is 1.94 bits per heavy atom. The third kappa shape index (κ3) is 4.04. The third-order valence-electron chi connectivity index (χ3n) is 2.83. The molecule has 1 aromatic carbocycles. The van der Waals surface area contributed by atoms with Gasteiger partial charge in [0.25, 0.3) is 0 Å². The molecule has 1 unspecified atom stereocenters. The van der Waals surface area contributed by atoms with E-state index in [0.29, 0.717) is 13.2 Å². The Morgan fingerprint density at radius 3 is 2.39 bits per heavy atom. The van der Waals surface area contributed by atoms with E-state index in [2.05, 4.69) is 5.32 Å². The van der Waals surface area contributed by atoms with Gasteiger partial charge in [0.05, 0.1) is 12.5 Å². The molecule has 3 N–H and O–H groups in total. The van der Waals surface area contributed by atoms with Crippen molar-refractivity contribution in [3.8, 4) is 5.75 Å². The maximum Gasteiger partial charge on any atom is 0.229 e. The van der Waals surface area contributed by atoms with Crippen molar-refractivity contribution in [2.45, 2.75) is 20.8 Å². The van der Waals surface area contributed by atoms with Crippen LogP contribution in [0.25, 0.3) is 0 Å². The number of rotatable bonds is 6. The first-order valence-corrected chi connectivity index (χ1v) is 6.32. The molecule has 100 valence electrons. The van der Waals surface area contributed by atoms with Crippen LogP contribution >= 0.6 is 0 Å². The molecular weight excluding hydrogens is 228 g/mol. The number of carbonyl (C=O) groups is 1. The Bertz CT molecular complexity index is 374. The predicted octanol–water partition coefficient (Wildman–Crippen LogP) is 2.25. The first-order valence-electron chi connectivity index (χ1n) is 6.32. The normalized spacial score (nSPS) is 12.3. The number of nitrogens with two attached hydrogens (primary N) is 1. The average Bonchev–Trinajstić information content (AvgIpc) is 2.32. The topological polar surface area (TPSA) is 64.3 Å². The minimum absolute atomic E-state index is 0.0309. The summed E-state index contributed by atoms with van der Waals surface area (Å²) in [6, 6.07) is 7.34. The molecule has 4 heteroatoms. The van der Waals surface area contributed by atoms with Crippen LogP contribution in [0.2, 0.25) is 0 Å². The summed E-state index contributed by atoms with van der Waals surface area (Å²) in [7, 11) is 0. The smallest absolute Gasteiger partial charge is 0.229 e. The molecule has 0 spiro atoms. The molecule has 1 amide bonds. The molecule has 0 aromatic heterocycles. The first kappa shape index (κ1) is 14.5. The molecule has 0 saturated heterocycles. The zero-order valence-electron chi connectivity index (χ0n) is 11.3. The van der Waals surface area contributed by atoms with Crippen LogP contribution in [0.15, 0.2) is 24.3 Å². The van der Waals surface area contributed by atoms with Gasteiger partial charge >= 0.3 is 0 Å². The van der Waals surface area contributed by atoms with Gasteiger partial charge in [-0.25, -0.2) is 0 Å². The van der Waals surface area contributed by atoms with Crippen molar-refractivity contribution in [3.05, 3.63) is 24.3 Å². The van der Waals surface area contributed by atoms with Crippen molar-refractivity contribution in [2.75, 3.05) is 18.5 Å². The van der Waals surface area contributed by atoms with Gasteiger partial charge in [0, 0.05) is 12.2 Å². The quantitative estimate of drug-likeness (QED) is 0.814. The second-order valence-electron chi connectivity index (χ2n) is 4.53. The van der Waals surface area contributed by atoms with Gasteiger partial charge in [-0.15, -0.1) is 0 Å². The lowest BCUT2D eigenvalue weighted by Gasteiger charge is -2.18. The van der Waals surface area contributed by atoms with Crippen molar-refractivity contribution < 1.29 is 9.53 Å². The SMILES string of the molecule is CCOc1ccc(NC(=O)C(CN)C(C)C)cc1. The van der Waals surface area contributed by atoms with Gasteiger partial charge in [-0.2, -0.15) is 0 Å². The van der Waals surface area contributed by atoms with Crippen LogP contribution in [-0.4, -0.2) is 19.1 Å². The van der Waals surface area contributed by atoms with Gasteiger partial charge in [0.15, 0.2) is 0 Å². The Hall–Kier alpha value is -1.55. The Labute approximate surface area is 109 Å². The van der Waals surface area contributed by atoms with Gasteiger partial charge < -0.3 is 15.8 Å². The lowest BCUT2D eigenvalue weighted by Crippen LogP contribution is -2.33. The number of carbonyl (C=O) groups excluding carboxylic acids is 1. The third-order valence-corrected chi connectivity index (χ3v) is 2.83. The van der Waals surface area contributed by atoms with Gasteiger partial charge in [-0.1, -0.05) is 13.8 Å². The highest BCUT2D eigenvalue weighted by molar-refractivity contribution is 5.92. The van der Waals surface area contributed by atoms with E-state index in [-0.39, 0.29) is 17.7 Å². The summed E-state index contributed by atoms with van der Waals surface area (Å²) in [5, 5.41) is 2.87. The van der Waals surface area contributed by atoms with Crippen molar-refractivity contribution in [2.24, 2.45) is 17.6 Å². The molecule has 4 nitrogen and oxygen atoms in total. The molecule has 0 saturated carbocycles. The fraction of sp³-hybridized carbons (Fsp3) is 0.500. The van der Waals surface area contributed by atoms with Gasteiger partial charge in [-0.3, -0.25) is 4.79 Å². The fourth-order valence-corrected chi connectivity index (χ4v) is 1.72. The lowest BCUT2D eigenvalue weighted by atomic mass is 9.95. The molecular formula is C14H22N2O2. The van der Waals surface area contributed by atoms with E-state index in [0.717, 1.165) is 11.4 Å². The lowest BCUT2D eigenvalue weighted by molar-refractivity contribution is -0.120. The summed E-state index contributed by atoms with van der Waals surface area (Å²) in [6.07, 6.45) is 0. The highest BCUT2D eigenvalue weighted by Crippen LogP contribution is 2.17. The largest absolute Gasteiger partial charge is 0.494 e. The molecule has 0 aliphatic rings. The molecule has 0 radical (unpaired) electrons. The van der Waals surface area contributed by atoms with E-state index in [1.807, 2.05) is 45.0 Å². The average molecular weight is 250 g/mol. The number of hydrogen-bond acceptors (Lipinski definition) is 3. The van der Waals surface area contributed by atoms with Crippen LogP contribution in [0.5, 0.6) is 5.75 Å². The summed E-state index contributed by atoms with van der Waals surface area (Å²) in [4.78, 5) is 12.0. The monoisotopic (exact) mass is 250 g/mol. The van der Waals surface area contributed by atoms with E-state index >= 15 is 0 Å².